The number of likely N-dealkylation sites (tertiary alicyclic amines) is 1. The first-order chi connectivity index (χ1) is 11.6. The number of aromatic amines is 1. The molecule has 128 valence electrons. The smallest absolute Gasteiger partial charge is 0.244 e. The average molecular weight is 330 g/mol. The SMILES string of the molecule is CN(C)[C@@H](C(=O)N1CCC(c2ncc[nH]2)CC1)c1ccccc1F. The van der Waals surface area contributed by atoms with Crippen molar-refractivity contribution in [3.05, 3.63) is 53.9 Å². The predicted molar refractivity (Wildman–Crippen MR) is 90.0 cm³/mol. The molecule has 0 unspecified atom stereocenters. The summed E-state index contributed by atoms with van der Waals surface area (Å²) < 4.78 is 14.2. The first-order valence-electron chi connectivity index (χ1n) is 8.27. The second kappa shape index (κ2) is 7.13. The van der Waals surface area contributed by atoms with Gasteiger partial charge < -0.3 is 9.88 Å². The average Bonchev–Trinajstić information content (AvgIpc) is 3.11. The summed E-state index contributed by atoms with van der Waals surface area (Å²) >= 11 is 0. The van der Waals surface area contributed by atoms with Gasteiger partial charge in [0.2, 0.25) is 5.91 Å². The fraction of sp³-hybridized carbons (Fsp3) is 0.444. The molecule has 5 nitrogen and oxygen atoms in total. The third-order valence-corrected chi connectivity index (χ3v) is 4.66. The first kappa shape index (κ1) is 16.6. The van der Waals surface area contributed by atoms with Crippen LogP contribution in [0.1, 0.15) is 36.2 Å². The normalized spacial score (nSPS) is 17.2. The Morgan fingerprint density at radius 1 is 1.33 bits per heavy atom. The maximum atomic E-state index is 14.2. The Hall–Kier alpha value is -2.21. The molecular formula is C18H23FN4O. The number of hydrogen-bond donors (Lipinski definition) is 1. The number of carbonyl (C=O) groups is 1. The van der Waals surface area contributed by atoms with Crippen LogP contribution in [0.3, 0.4) is 0 Å². The van der Waals surface area contributed by atoms with E-state index in [1.807, 2.05) is 25.2 Å². The molecule has 2 heterocycles. The van der Waals surface area contributed by atoms with Crippen LogP contribution in [0.4, 0.5) is 4.39 Å². The number of hydrogen-bond acceptors (Lipinski definition) is 3. The van der Waals surface area contributed by atoms with Gasteiger partial charge in [0.25, 0.3) is 0 Å². The van der Waals surface area contributed by atoms with Crippen molar-refractivity contribution in [1.82, 2.24) is 19.8 Å². The van der Waals surface area contributed by atoms with E-state index in [0.717, 1.165) is 18.7 Å². The zero-order valence-corrected chi connectivity index (χ0v) is 14.1. The maximum absolute atomic E-state index is 14.2. The standard InChI is InChI=1S/C18H23FN4O/c1-22(2)16(14-5-3-4-6-15(14)19)18(24)23-11-7-13(8-12-23)17-20-9-10-21-17/h3-6,9-10,13,16H,7-8,11-12H2,1-2H3,(H,20,21)/t16-/m1/s1. The quantitative estimate of drug-likeness (QED) is 0.937. The molecule has 0 spiro atoms. The molecule has 24 heavy (non-hydrogen) atoms. The zero-order chi connectivity index (χ0) is 17.1. The number of halogens is 1. The molecule has 1 fully saturated rings. The van der Waals surface area contributed by atoms with Gasteiger partial charge in [-0.25, -0.2) is 9.37 Å². The van der Waals surface area contributed by atoms with Crippen molar-refractivity contribution in [3.8, 4) is 0 Å². The number of likely N-dealkylation sites (N-methyl/N-ethyl adjacent to an activating group) is 1. The van der Waals surface area contributed by atoms with Crippen molar-refractivity contribution in [2.24, 2.45) is 0 Å². The number of aromatic nitrogens is 2. The van der Waals surface area contributed by atoms with Crippen LogP contribution in [0.25, 0.3) is 0 Å². The highest BCUT2D eigenvalue weighted by molar-refractivity contribution is 5.83. The van der Waals surface area contributed by atoms with Crippen molar-refractivity contribution in [1.29, 1.82) is 0 Å². The van der Waals surface area contributed by atoms with Crippen molar-refractivity contribution in [3.63, 3.8) is 0 Å². The Balaban J connectivity index is 1.72. The minimum atomic E-state index is -0.591. The van der Waals surface area contributed by atoms with E-state index < -0.39 is 6.04 Å². The molecule has 0 radical (unpaired) electrons. The molecule has 1 N–H and O–H groups in total. The lowest BCUT2D eigenvalue weighted by Gasteiger charge is -2.35. The van der Waals surface area contributed by atoms with Gasteiger partial charge in [-0.1, -0.05) is 18.2 Å². The Labute approximate surface area is 141 Å². The third-order valence-electron chi connectivity index (χ3n) is 4.66. The van der Waals surface area contributed by atoms with Gasteiger partial charge >= 0.3 is 0 Å². The topological polar surface area (TPSA) is 52.2 Å². The molecule has 0 aliphatic carbocycles. The summed E-state index contributed by atoms with van der Waals surface area (Å²) in [6, 6.07) is 5.91. The molecule has 1 amide bonds. The van der Waals surface area contributed by atoms with Gasteiger partial charge in [-0.3, -0.25) is 9.69 Å². The van der Waals surface area contributed by atoms with Crippen LogP contribution in [-0.2, 0) is 4.79 Å². The van der Waals surface area contributed by atoms with Gasteiger partial charge in [0.1, 0.15) is 17.7 Å². The number of benzene rings is 1. The summed E-state index contributed by atoms with van der Waals surface area (Å²) in [5, 5.41) is 0. The minimum absolute atomic E-state index is 0.0389. The minimum Gasteiger partial charge on any atom is -0.348 e. The number of piperidine rings is 1. The highest BCUT2D eigenvalue weighted by atomic mass is 19.1. The molecule has 0 bridgehead atoms. The largest absolute Gasteiger partial charge is 0.348 e. The lowest BCUT2D eigenvalue weighted by atomic mass is 9.94. The van der Waals surface area contributed by atoms with E-state index in [4.69, 9.17) is 0 Å². The van der Waals surface area contributed by atoms with E-state index in [9.17, 15) is 9.18 Å². The van der Waals surface area contributed by atoms with Crippen LogP contribution >= 0.6 is 0 Å². The van der Waals surface area contributed by atoms with Gasteiger partial charge in [-0.2, -0.15) is 0 Å². The fourth-order valence-corrected chi connectivity index (χ4v) is 3.38. The first-order valence-corrected chi connectivity index (χ1v) is 8.27. The van der Waals surface area contributed by atoms with Crippen LogP contribution in [0.5, 0.6) is 0 Å². The van der Waals surface area contributed by atoms with Gasteiger partial charge in [0.05, 0.1) is 0 Å². The van der Waals surface area contributed by atoms with Crippen molar-refractivity contribution in [2.75, 3.05) is 27.2 Å². The molecule has 3 rings (SSSR count). The molecule has 1 saturated heterocycles. The summed E-state index contributed by atoms with van der Waals surface area (Å²) in [7, 11) is 3.62. The lowest BCUT2D eigenvalue weighted by Crippen LogP contribution is -2.44. The molecule has 6 heteroatoms. The van der Waals surface area contributed by atoms with Crippen LogP contribution in [0, 0.1) is 5.82 Å². The van der Waals surface area contributed by atoms with E-state index in [0.29, 0.717) is 24.6 Å². The molecule has 0 saturated carbocycles. The zero-order valence-electron chi connectivity index (χ0n) is 14.1. The van der Waals surface area contributed by atoms with E-state index in [2.05, 4.69) is 9.97 Å². The molecular weight excluding hydrogens is 307 g/mol. The predicted octanol–water partition coefficient (Wildman–Crippen LogP) is 2.56. The Morgan fingerprint density at radius 3 is 2.62 bits per heavy atom. The number of nitrogens with zero attached hydrogens (tertiary/aromatic N) is 3. The van der Waals surface area contributed by atoms with Crippen LogP contribution in [0.15, 0.2) is 36.7 Å². The molecule has 1 atom stereocenters. The maximum Gasteiger partial charge on any atom is 0.244 e. The van der Waals surface area contributed by atoms with Crippen molar-refractivity contribution in [2.45, 2.75) is 24.8 Å². The summed E-state index contributed by atoms with van der Waals surface area (Å²) in [6.45, 7) is 1.34. The molecule has 1 aliphatic heterocycles. The molecule has 1 aromatic heterocycles. The number of carbonyl (C=O) groups excluding carboxylic acids is 1. The number of rotatable bonds is 4. The van der Waals surface area contributed by atoms with Crippen LogP contribution < -0.4 is 0 Å². The molecule has 1 aliphatic rings. The second-order valence-corrected chi connectivity index (χ2v) is 6.46. The fourth-order valence-electron chi connectivity index (χ4n) is 3.38. The van der Waals surface area contributed by atoms with E-state index in [1.165, 1.54) is 6.07 Å². The van der Waals surface area contributed by atoms with E-state index in [1.54, 1.807) is 29.3 Å². The van der Waals surface area contributed by atoms with E-state index >= 15 is 0 Å². The van der Waals surface area contributed by atoms with Gasteiger partial charge in [0, 0.05) is 37.0 Å². The molecule has 2 aromatic rings. The summed E-state index contributed by atoms with van der Waals surface area (Å²) in [4.78, 5) is 24.1. The van der Waals surface area contributed by atoms with Gasteiger partial charge in [-0.15, -0.1) is 0 Å². The Morgan fingerprint density at radius 2 is 2.04 bits per heavy atom. The number of H-pyrrole nitrogens is 1. The number of imidazole rings is 1. The number of amides is 1. The summed E-state index contributed by atoms with van der Waals surface area (Å²) in [5.74, 6) is 0.966. The van der Waals surface area contributed by atoms with Crippen molar-refractivity contribution >= 4 is 5.91 Å². The lowest BCUT2D eigenvalue weighted by molar-refractivity contribution is -0.137. The number of nitrogens with one attached hydrogen (secondary N) is 1. The second-order valence-electron chi connectivity index (χ2n) is 6.46. The summed E-state index contributed by atoms with van der Waals surface area (Å²) in [6.07, 6.45) is 5.33. The van der Waals surface area contributed by atoms with Gasteiger partial charge in [0.15, 0.2) is 0 Å². The van der Waals surface area contributed by atoms with Crippen molar-refractivity contribution < 1.29 is 9.18 Å². The van der Waals surface area contributed by atoms with E-state index in [-0.39, 0.29) is 11.7 Å². The highest BCUT2D eigenvalue weighted by Gasteiger charge is 2.32. The summed E-state index contributed by atoms with van der Waals surface area (Å²) in [5.41, 5.74) is 0.431. The third kappa shape index (κ3) is 3.33. The Bertz CT molecular complexity index is 678. The Kier molecular flexibility index (Phi) is 4.94. The van der Waals surface area contributed by atoms with Crippen LogP contribution in [0.2, 0.25) is 0 Å². The molecule has 1 aromatic carbocycles. The van der Waals surface area contributed by atoms with Gasteiger partial charge in [-0.05, 0) is 33.0 Å². The van der Waals surface area contributed by atoms with Crippen LogP contribution in [-0.4, -0.2) is 52.9 Å². The highest BCUT2D eigenvalue weighted by Crippen LogP contribution is 2.29. The monoisotopic (exact) mass is 330 g/mol.